The largest absolute Gasteiger partial charge is 0.376 e. The number of nitrogens with one attached hydrogen (secondary N) is 1. The van der Waals surface area contributed by atoms with E-state index in [0.29, 0.717) is 11.5 Å². The summed E-state index contributed by atoms with van der Waals surface area (Å²) in [7, 11) is 0. The molecule has 0 amide bonds. The van der Waals surface area contributed by atoms with Crippen molar-refractivity contribution in [2.45, 2.75) is 58.0 Å². The summed E-state index contributed by atoms with van der Waals surface area (Å²) < 4.78 is 6.10. The fourth-order valence-electron chi connectivity index (χ4n) is 4.02. The average molecular weight is 223 g/mol. The molecule has 0 unspecified atom stereocenters. The van der Waals surface area contributed by atoms with Gasteiger partial charge in [0, 0.05) is 12.0 Å². The van der Waals surface area contributed by atoms with Gasteiger partial charge < -0.3 is 10.1 Å². The molecule has 3 aliphatic carbocycles. The first kappa shape index (κ1) is 11.0. The molecule has 92 valence electrons. The second kappa shape index (κ2) is 3.99. The molecular formula is C14H25NO. The Labute approximate surface area is 99.1 Å². The van der Waals surface area contributed by atoms with Crippen LogP contribution in [0, 0.1) is 10.8 Å². The highest BCUT2D eigenvalue weighted by Gasteiger charge is 2.71. The van der Waals surface area contributed by atoms with Gasteiger partial charge in [-0.2, -0.15) is 0 Å². The summed E-state index contributed by atoms with van der Waals surface area (Å²) in [6.07, 6.45) is 10.6. The summed E-state index contributed by atoms with van der Waals surface area (Å²) >= 11 is 0. The highest BCUT2D eigenvalue weighted by Crippen LogP contribution is 2.78. The Hall–Kier alpha value is -0.0800. The summed E-state index contributed by atoms with van der Waals surface area (Å²) in [4.78, 5) is 0. The van der Waals surface area contributed by atoms with Gasteiger partial charge in [0.1, 0.15) is 0 Å². The molecule has 0 aromatic rings. The van der Waals surface area contributed by atoms with Gasteiger partial charge in [0.15, 0.2) is 0 Å². The van der Waals surface area contributed by atoms with Crippen LogP contribution in [0.15, 0.2) is 0 Å². The van der Waals surface area contributed by atoms with Crippen molar-refractivity contribution in [2.24, 2.45) is 10.8 Å². The van der Waals surface area contributed by atoms with Gasteiger partial charge in [0.2, 0.25) is 0 Å². The van der Waals surface area contributed by atoms with Gasteiger partial charge in [0.25, 0.3) is 0 Å². The van der Waals surface area contributed by atoms with E-state index in [0.717, 1.165) is 25.1 Å². The Morgan fingerprint density at radius 2 is 1.94 bits per heavy atom. The average Bonchev–Trinajstić information content (AvgIpc) is 3.02. The maximum Gasteiger partial charge on any atom is 0.0637 e. The molecule has 0 saturated heterocycles. The van der Waals surface area contributed by atoms with Gasteiger partial charge in [-0.05, 0) is 56.9 Å². The zero-order valence-corrected chi connectivity index (χ0v) is 10.6. The van der Waals surface area contributed by atoms with Crippen LogP contribution in [-0.2, 0) is 4.74 Å². The molecule has 3 saturated carbocycles. The van der Waals surface area contributed by atoms with Crippen molar-refractivity contribution in [3.8, 4) is 0 Å². The molecule has 0 aliphatic heterocycles. The van der Waals surface area contributed by atoms with Crippen molar-refractivity contribution >= 4 is 0 Å². The Morgan fingerprint density at radius 3 is 2.44 bits per heavy atom. The molecular weight excluding hydrogens is 198 g/mol. The monoisotopic (exact) mass is 223 g/mol. The minimum atomic E-state index is 0.618. The predicted molar refractivity (Wildman–Crippen MR) is 65.5 cm³/mol. The van der Waals surface area contributed by atoms with Crippen molar-refractivity contribution in [2.75, 3.05) is 19.7 Å². The number of hydrogen-bond donors (Lipinski definition) is 1. The summed E-state index contributed by atoms with van der Waals surface area (Å²) in [5.41, 5.74) is 1.45. The van der Waals surface area contributed by atoms with E-state index in [1.165, 1.54) is 44.9 Å². The zero-order chi connectivity index (χ0) is 11.1. The van der Waals surface area contributed by atoms with Gasteiger partial charge in [-0.25, -0.2) is 0 Å². The first-order chi connectivity index (χ1) is 7.83. The molecule has 0 radical (unpaired) electrons. The van der Waals surface area contributed by atoms with Gasteiger partial charge in [-0.15, -0.1) is 0 Å². The third kappa shape index (κ3) is 1.46. The van der Waals surface area contributed by atoms with Crippen LogP contribution in [0.5, 0.6) is 0 Å². The van der Waals surface area contributed by atoms with Crippen LogP contribution in [-0.4, -0.2) is 25.8 Å². The summed E-state index contributed by atoms with van der Waals surface area (Å²) in [6.45, 7) is 5.29. The Morgan fingerprint density at radius 1 is 1.12 bits per heavy atom. The quantitative estimate of drug-likeness (QED) is 0.699. The Kier molecular flexibility index (Phi) is 2.75. The van der Waals surface area contributed by atoms with E-state index in [-0.39, 0.29) is 0 Å². The lowest BCUT2D eigenvalue weighted by Gasteiger charge is -2.62. The van der Waals surface area contributed by atoms with Gasteiger partial charge in [0.05, 0.1) is 12.7 Å². The molecule has 0 heterocycles. The molecule has 0 bridgehead atoms. The van der Waals surface area contributed by atoms with Crippen LogP contribution in [0.2, 0.25) is 0 Å². The fourth-order valence-corrected chi connectivity index (χ4v) is 4.02. The number of fused-ring (bicyclic) bond motifs is 1. The lowest BCUT2D eigenvalue weighted by Crippen LogP contribution is -2.59. The molecule has 2 atom stereocenters. The minimum Gasteiger partial charge on any atom is -0.376 e. The number of rotatable bonds is 6. The molecule has 0 aromatic carbocycles. The highest BCUT2D eigenvalue weighted by molar-refractivity contribution is 5.21. The van der Waals surface area contributed by atoms with Gasteiger partial charge >= 0.3 is 0 Å². The topological polar surface area (TPSA) is 21.3 Å². The molecule has 3 rings (SSSR count). The lowest BCUT2D eigenvalue weighted by molar-refractivity contribution is -0.199. The summed E-state index contributed by atoms with van der Waals surface area (Å²) in [6, 6.07) is 0. The molecule has 3 aliphatic rings. The molecule has 16 heavy (non-hydrogen) atoms. The lowest BCUT2D eigenvalue weighted by atomic mass is 9.46. The predicted octanol–water partition coefficient (Wildman–Crippen LogP) is 2.73. The third-order valence-corrected chi connectivity index (χ3v) is 5.45. The Bertz CT molecular complexity index is 257. The zero-order valence-electron chi connectivity index (χ0n) is 10.6. The second-order valence-corrected chi connectivity index (χ2v) is 6.08. The van der Waals surface area contributed by atoms with E-state index in [4.69, 9.17) is 4.74 Å². The molecule has 2 heteroatoms. The Balaban J connectivity index is 1.40. The van der Waals surface area contributed by atoms with Crippen LogP contribution in [0.25, 0.3) is 0 Å². The second-order valence-electron chi connectivity index (χ2n) is 6.08. The maximum absolute atomic E-state index is 6.10. The van der Waals surface area contributed by atoms with Crippen molar-refractivity contribution in [1.29, 1.82) is 0 Å². The van der Waals surface area contributed by atoms with Crippen LogP contribution in [0.4, 0.5) is 0 Å². The van der Waals surface area contributed by atoms with E-state index in [2.05, 4.69) is 12.2 Å². The summed E-state index contributed by atoms with van der Waals surface area (Å²) in [5.74, 6) is 0. The van der Waals surface area contributed by atoms with Crippen LogP contribution < -0.4 is 5.32 Å². The van der Waals surface area contributed by atoms with E-state index in [9.17, 15) is 0 Å². The van der Waals surface area contributed by atoms with E-state index >= 15 is 0 Å². The van der Waals surface area contributed by atoms with Crippen molar-refractivity contribution in [3.05, 3.63) is 0 Å². The SMILES string of the molecule is CCCNCCO[C@H]1CC[C@@]12CCC21CC1. The maximum atomic E-state index is 6.10. The van der Waals surface area contributed by atoms with E-state index in [1.807, 2.05) is 0 Å². The molecule has 0 aromatic heterocycles. The van der Waals surface area contributed by atoms with Crippen molar-refractivity contribution in [3.63, 3.8) is 0 Å². The standard InChI is InChI=1S/C14H25NO/c1-2-9-15-10-11-16-12-3-4-14(12)8-7-13(14)5-6-13/h12,15H,2-11H2,1H3/t12-,14+/m0/s1. The molecule has 1 N–H and O–H groups in total. The molecule has 3 fully saturated rings. The van der Waals surface area contributed by atoms with Crippen molar-refractivity contribution < 1.29 is 4.74 Å². The minimum absolute atomic E-state index is 0.618. The van der Waals surface area contributed by atoms with Gasteiger partial charge in [-0.1, -0.05) is 6.92 Å². The van der Waals surface area contributed by atoms with Crippen LogP contribution >= 0.6 is 0 Å². The number of hydrogen-bond acceptors (Lipinski definition) is 2. The van der Waals surface area contributed by atoms with Crippen LogP contribution in [0.1, 0.15) is 51.9 Å². The van der Waals surface area contributed by atoms with E-state index in [1.54, 1.807) is 0 Å². The van der Waals surface area contributed by atoms with Crippen molar-refractivity contribution in [1.82, 2.24) is 5.32 Å². The van der Waals surface area contributed by atoms with Gasteiger partial charge in [-0.3, -0.25) is 0 Å². The van der Waals surface area contributed by atoms with Crippen LogP contribution in [0.3, 0.4) is 0 Å². The first-order valence-electron chi connectivity index (χ1n) is 7.15. The normalized spacial score (nSPS) is 38.4. The molecule has 2 nitrogen and oxygen atoms in total. The number of ether oxygens (including phenoxy) is 1. The smallest absolute Gasteiger partial charge is 0.0637 e. The molecule has 2 spiro atoms. The first-order valence-corrected chi connectivity index (χ1v) is 7.15. The highest BCUT2D eigenvalue weighted by atomic mass is 16.5. The third-order valence-electron chi connectivity index (χ3n) is 5.45. The fraction of sp³-hybridized carbons (Fsp3) is 1.00. The van der Waals surface area contributed by atoms with E-state index < -0.39 is 0 Å². The summed E-state index contributed by atoms with van der Waals surface area (Å²) in [5, 5.41) is 3.41.